The first-order chi connectivity index (χ1) is 8.51. The van der Waals surface area contributed by atoms with Crippen molar-refractivity contribution in [3.8, 4) is 0 Å². The summed E-state index contributed by atoms with van der Waals surface area (Å²) < 4.78 is 0. The molecular formula is C15H26N2S. The Morgan fingerprint density at radius 3 is 2.61 bits per heavy atom. The maximum absolute atomic E-state index is 6.16. The summed E-state index contributed by atoms with van der Waals surface area (Å²) in [7, 11) is 0. The molecule has 0 aliphatic heterocycles. The average molecular weight is 266 g/mol. The predicted octanol–water partition coefficient (Wildman–Crippen LogP) is 3.48. The van der Waals surface area contributed by atoms with Gasteiger partial charge in [0.25, 0.3) is 0 Å². The topological polar surface area (TPSA) is 29.3 Å². The van der Waals surface area contributed by atoms with Crippen molar-refractivity contribution in [3.63, 3.8) is 0 Å². The molecule has 102 valence electrons. The van der Waals surface area contributed by atoms with Gasteiger partial charge in [-0.1, -0.05) is 26.8 Å². The van der Waals surface area contributed by atoms with Gasteiger partial charge in [0.2, 0.25) is 0 Å². The first-order valence-corrected chi connectivity index (χ1v) is 7.87. The molecule has 1 heterocycles. The number of hydrogen-bond acceptors (Lipinski definition) is 3. The van der Waals surface area contributed by atoms with E-state index < -0.39 is 0 Å². The SMILES string of the molecule is CCN(Cc1cccs1)C1(CN)CCC(C)(C)C1. The van der Waals surface area contributed by atoms with E-state index in [0.29, 0.717) is 5.41 Å². The molecule has 1 atom stereocenters. The van der Waals surface area contributed by atoms with Gasteiger partial charge in [0, 0.05) is 23.5 Å². The van der Waals surface area contributed by atoms with E-state index in [1.54, 1.807) is 0 Å². The van der Waals surface area contributed by atoms with E-state index in [-0.39, 0.29) is 5.54 Å². The number of rotatable bonds is 5. The van der Waals surface area contributed by atoms with Crippen LogP contribution in [0.25, 0.3) is 0 Å². The Bertz CT molecular complexity index is 372. The van der Waals surface area contributed by atoms with Crippen molar-refractivity contribution >= 4 is 11.3 Å². The largest absolute Gasteiger partial charge is 0.329 e. The van der Waals surface area contributed by atoms with E-state index in [9.17, 15) is 0 Å². The highest BCUT2D eigenvalue weighted by molar-refractivity contribution is 7.09. The highest BCUT2D eigenvalue weighted by atomic mass is 32.1. The third-order valence-corrected chi connectivity index (χ3v) is 5.30. The lowest BCUT2D eigenvalue weighted by Crippen LogP contribution is -2.52. The highest BCUT2D eigenvalue weighted by Crippen LogP contribution is 2.46. The molecule has 1 saturated carbocycles. The third-order valence-electron chi connectivity index (χ3n) is 4.43. The molecule has 0 bridgehead atoms. The molecule has 1 aromatic rings. The van der Waals surface area contributed by atoms with Crippen LogP contribution >= 0.6 is 11.3 Å². The van der Waals surface area contributed by atoms with Gasteiger partial charge in [0.15, 0.2) is 0 Å². The molecule has 1 unspecified atom stereocenters. The summed E-state index contributed by atoms with van der Waals surface area (Å²) in [4.78, 5) is 4.06. The molecule has 0 spiro atoms. The van der Waals surface area contributed by atoms with Crippen LogP contribution in [0.5, 0.6) is 0 Å². The third kappa shape index (κ3) is 2.79. The fourth-order valence-corrected chi connectivity index (χ4v) is 4.14. The smallest absolute Gasteiger partial charge is 0.0340 e. The summed E-state index contributed by atoms with van der Waals surface area (Å²) >= 11 is 1.85. The second kappa shape index (κ2) is 5.32. The van der Waals surface area contributed by atoms with Crippen LogP contribution in [0.2, 0.25) is 0 Å². The summed E-state index contributed by atoms with van der Waals surface area (Å²) in [5.74, 6) is 0. The van der Waals surface area contributed by atoms with Crippen LogP contribution in [0.4, 0.5) is 0 Å². The van der Waals surface area contributed by atoms with E-state index in [2.05, 4.69) is 43.2 Å². The molecule has 1 aliphatic carbocycles. The Morgan fingerprint density at radius 2 is 2.17 bits per heavy atom. The zero-order valence-corrected chi connectivity index (χ0v) is 12.7. The zero-order valence-electron chi connectivity index (χ0n) is 11.9. The van der Waals surface area contributed by atoms with Crippen molar-refractivity contribution in [1.29, 1.82) is 0 Å². The lowest BCUT2D eigenvalue weighted by Gasteiger charge is -2.41. The normalized spacial score (nSPS) is 26.9. The number of hydrogen-bond donors (Lipinski definition) is 1. The average Bonchev–Trinajstić information content (AvgIpc) is 2.94. The minimum Gasteiger partial charge on any atom is -0.329 e. The van der Waals surface area contributed by atoms with Crippen LogP contribution in [0, 0.1) is 5.41 Å². The predicted molar refractivity (Wildman–Crippen MR) is 79.8 cm³/mol. The summed E-state index contributed by atoms with van der Waals surface area (Å²) in [6, 6.07) is 4.37. The Labute approximate surface area is 115 Å². The molecule has 18 heavy (non-hydrogen) atoms. The van der Waals surface area contributed by atoms with Crippen molar-refractivity contribution < 1.29 is 0 Å². The standard InChI is InChI=1S/C15H26N2S/c1-4-17(10-13-6-5-9-18-13)15(12-16)8-7-14(2,3)11-15/h5-6,9H,4,7-8,10-12,16H2,1-3H3. The first kappa shape index (κ1) is 14.0. The van der Waals surface area contributed by atoms with E-state index in [1.165, 1.54) is 24.1 Å². The van der Waals surface area contributed by atoms with Crippen molar-refractivity contribution in [2.24, 2.45) is 11.1 Å². The number of thiophene rings is 1. The van der Waals surface area contributed by atoms with Crippen LogP contribution < -0.4 is 5.73 Å². The molecule has 0 radical (unpaired) electrons. The van der Waals surface area contributed by atoms with Crippen molar-refractivity contribution in [3.05, 3.63) is 22.4 Å². The van der Waals surface area contributed by atoms with Gasteiger partial charge in [-0.2, -0.15) is 0 Å². The summed E-state index contributed by atoms with van der Waals surface area (Å²) in [5, 5.41) is 2.16. The monoisotopic (exact) mass is 266 g/mol. The quantitative estimate of drug-likeness (QED) is 0.884. The lowest BCUT2D eigenvalue weighted by atomic mass is 9.86. The van der Waals surface area contributed by atoms with Gasteiger partial charge < -0.3 is 5.73 Å². The fraction of sp³-hybridized carbons (Fsp3) is 0.733. The van der Waals surface area contributed by atoms with Crippen LogP contribution in [0.3, 0.4) is 0 Å². The Balaban J connectivity index is 2.14. The van der Waals surface area contributed by atoms with Crippen LogP contribution in [-0.4, -0.2) is 23.5 Å². The van der Waals surface area contributed by atoms with Gasteiger partial charge in [-0.15, -0.1) is 11.3 Å². The lowest BCUT2D eigenvalue weighted by molar-refractivity contribution is 0.0876. The summed E-state index contributed by atoms with van der Waals surface area (Å²) in [5.41, 5.74) is 6.83. The van der Waals surface area contributed by atoms with E-state index in [1.807, 2.05) is 11.3 Å². The Morgan fingerprint density at radius 1 is 1.39 bits per heavy atom. The molecule has 2 rings (SSSR count). The number of nitrogens with two attached hydrogens (primary N) is 1. The second-order valence-corrected chi connectivity index (χ2v) is 7.40. The molecular weight excluding hydrogens is 240 g/mol. The van der Waals surface area contributed by atoms with Gasteiger partial charge in [-0.25, -0.2) is 0 Å². The van der Waals surface area contributed by atoms with Crippen LogP contribution in [0.1, 0.15) is 44.9 Å². The molecule has 2 nitrogen and oxygen atoms in total. The van der Waals surface area contributed by atoms with Gasteiger partial charge >= 0.3 is 0 Å². The minimum absolute atomic E-state index is 0.224. The molecule has 0 saturated heterocycles. The molecule has 0 amide bonds. The van der Waals surface area contributed by atoms with E-state index in [4.69, 9.17) is 5.73 Å². The zero-order chi connectivity index (χ0) is 13.2. The summed E-state index contributed by atoms with van der Waals surface area (Å²) in [6.45, 7) is 9.95. The van der Waals surface area contributed by atoms with E-state index >= 15 is 0 Å². The van der Waals surface area contributed by atoms with Gasteiger partial charge in [-0.05, 0) is 42.7 Å². The van der Waals surface area contributed by atoms with E-state index in [0.717, 1.165) is 19.6 Å². The van der Waals surface area contributed by atoms with Crippen molar-refractivity contribution in [1.82, 2.24) is 4.90 Å². The van der Waals surface area contributed by atoms with Gasteiger partial charge in [-0.3, -0.25) is 4.90 Å². The van der Waals surface area contributed by atoms with Gasteiger partial charge in [0.1, 0.15) is 0 Å². The highest BCUT2D eigenvalue weighted by Gasteiger charge is 2.45. The fourth-order valence-electron chi connectivity index (χ4n) is 3.42. The molecule has 3 heteroatoms. The maximum atomic E-state index is 6.16. The second-order valence-electron chi connectivity index (χ2n) is 6.36. The van der Waals surface area contributed by atoms with Crippen molar-refractivity contribution in [2.75, 3.05) is 13.1 Å². The summed E-state index contributed by atoms with van der Waals surface area (Å²) in [6.07, 6.45) is 3.77. The molecule has 1 aliphatic rings. The first-order valence-electron chi connectivity index (χ1n) is 6.99. The van der Waals surface area contributed by atoms with Crippen LogP contribution in [-0.2, 0) is 6.54 Å². The maximum Gasteiger partial charge on any atom is 0.0340 e. The van der Waals surface area contributed by atoms with Gasteiger partial charge in [0.05, 0.1) is 0 Å². The Kier molecular flexibility index (Phi) is 4.15. The van der Waals surface area contributed by atoms with Crippen LogP contribution in [0.15, 0.2) is 17.5 Å². The molecule has 1 fully saturated rings. The molecule has 1 aromatic heterocycles. The Hall–Kier alpha value is -0.380. The molecule has 2 N–H and O–H groups in total. The number of likely N-dealkylation sites (N-methyl/N-ethyl adjacent to an activating group) is 1. The number of nitrogens with zero attached hydrogens (tertiary/aromatic N) is 1. The van der Waals surface area contributed by atoms with Crippen molar-refractivity contribution in [2.45, 2.75) is 52.1 Å². The molecule has 0 aromatic carbocycles. The minimum atomic E-state index is 0.224.